The van der Waals surface area contributed by atoms with Crippen molar-refractivity contribution in [2.24, 2.45) is 44.3 Å². The third-order valence-corrected chi connectivity index (χ3v) is 65.8. The van der Waals surface area contributed by atoms with E-state index < -0.39 is 92.0 Å². The van der Waals surface area contributed by atoms with Crippen LogP contribution in [0.1, 0.15) is 371 Å². The second kappa shape index (κ2) is 54.3. The summed E-state index contributed by atoms with van der Waals surface area (Å²) in [5.74, 6) is 1.55. The Morgan fingerprint density at radius 1 is 0.373 bits per heavy atom. The summed E-state index contributed by atoms with van der Waals surface area (Å²) >= 11 is 0. The van der Waals surface area contributed by atoms with Gasteiger partial charge in [0.1, 0.15) is 6.10 Å². The van der Waals surface area contributed by atoms with Crippen LogP contribution in [0.2, 0.25) is 99.7 Å². The maximum Gasteiger partial charge on any atom is 0.479 e. The highest BCUT2D eigenvalue weighted by atomic mass is 28.6. The molecule has 1 aromatic carbocycles. The predicted octanol–water partition coefficient (Wildman–Crippen LogP) is 28.1. The summed E-state index contributed by atoms with van der Waals surface area (Å²) in [6.07, 6.45) is 16.0. The van der Waals surface area contributed by atoms with Crippen LogP contribution in [0, 0.1) is 44.3 Å². The zero-order valence-corrected chi connectivity index (χ0v) is 94.8. The lowest BCUT2D eigenvalue weighted by Gasteiger charge is -2.63. The molecule has 0 aromatic heterocycles. The monoisotopic (exact) mass is 1960 g/mol. The molecule has 1 saturated carbocycles. The first kappa shape index (κ1) is 128. The summed E-state index contributed by atoms with van der Waals surface area (Å²) in [6, 6.07) is 14.5. The fraction of sp³-hybridized carbons (Fsp3) is 0.883. The molecule has 22 nitrogen and oxygen atoms in total. The first-order valence-electron chi connectivity index (χ1n) is 47.5. The van der Waals surface area contributed by atoms with Gasteiger partial charge in [-0.3, -0.25) is 24.0 Å². The van der Waals surface area contributed by atoms with E-state index in [1.54, 1.807) is 0 Å². The van der Waals surface area contributed by atoms with Gasteiger partial charge in [0.05, 0.1) is 53.5 Å². The number of benzene rings is 1. The van der Waals surface area contributed by atoms with Crippen LogP contribution < -0.4 is 0 Å². The Morgan fingerprint density at radius 3 is 0.937 bits per heavy atom. The molecule has 746 valence electrons. The number of hydrogen-bond donors (Lipinski definition) is 0. The van der Waals surface area contributed by atoms with Gasteiger partial charge in [0.15, 0.2) is 0 Å². The van der Waals surface area contributed by atoms with Crippen LogP contribution in [0.15, 0.2) is 24.3 Å². The summed E-state index contributed by atoms with van der Waals surface area (Å²) in [5, 5.41) is 0. The van der Waals surface area contributed by atoms with Crippen molar-refractivity contribution in [2.45, 2.75) is 471 Å². The summed E-state index contributed by atoms with van der Waals surface area (Å²) in [6.45, 7) is 81.5. The van der Waals surface area contributed by atoms with Crippen LogP contribution in [0.4, 0.5) is 0 Å². The largest absolute Gasteiger partial charge is 0.479 e. The van der Waals surface area contributed by atoms with Crippen molar-refractivity contribution in [2.75, 3.05) is 26.4 Å². The number of ether oxygens (including phenoxy) is 5. The number of rotatable bonds is 37. The third-order valence-electron chi connectivity index (χ3n) is 25.3. The van der Waals surface area contributed by atoms with Gasteiger partial charge in [0.2, 0.25) is 0 Å². The molecular weight excluding hydrogens is 1760 g/mol. The van der Waals surface area contributed by atoms with Gasteiger partial charge in [0.25, 0.3) is 0 Å². The first-order chi connectivity index (χ1) is 56.1. The summed E-state index contributed by atoms with van der Waals surface area (Å²) < 4.78 is 113. The molecule has 7 fully saturated rings. The van der Waals surface area contributed by atoms with Crippen molar-refractivity contribution < 1.29 is 97.0 Å². The van der Waals surface area contributed by atoms with Gasteiger partial charge in [-0.05, 0) is 198 Å². The number of carbonyl (C=O) groups excluding carboxylic acids is 5. The molecule has 1 aliphatic carbocycles. The SMILES string of the molecule is C.C.C.C.CCC(C)(C)C(=O)OC1CCC(C(C)(C)C)CC1.CCC(C)(C)C(=O)OCCC[Si](C)(C)C.CCC(C)(C)C(=O)OCCC[Si]12O[Si]3(CC)O[Si]4(CC)O[Si]5(CC)O[Si](CC)(O3)O[Si](CC)(O[Si](CC)(O5)O[Si](CC)(O4)O1)O2.CCC(C)(C)C(=O)OCC[Si](C)(C)C.CCC(C)c1ccc(C(C)(C)C)cc1.CCCCC(CC)COC(=O)C(C)(C)CC. The van der Waals surface area contributed by atoms with E-state index in [-0.39, 0.29) is 105 Å². The van der Waals surface area contributed by atoms with Crippen LogP contribution in [0.25, 0.3) is 0 Å². The summed E-state index contributed by atoms with van der Waals surface area (Å²) in [7, 11) is -31.7. The molecule has 8 bridgehead atoms. The fourth-order valence-corrected chi connectivity index (χ4v) is 64.8. The third kappa shape index (κ3) is 39.9. The molecule has 6 heterocycles. The zero-order chi connectivity index (χ0) is 93.9. The van der Waals surface area contributed by atoms with E-state index in [0.29, 0.717) is 92.2 Å². The van der Waals surface area contributed by atoms with Crippen LogP contribution in [0.3, 0.4) is 0 Å². The van der Waals surface area contributed by atoms with Crippen LogP contribution in [-0.2, 0) is 102 Å². The highest BCUT2D eigenvalue weighted by molar-refractivity contribution is 7.03. The molecule has 0 N–H and O–H groups in total. The standard InChI is InChI=1S/C23H52O14Si8.C16H30O2.C14H28O2.C14H22.C12H26O2Si.C11H24O2Si.4CH4/c1-11-23(9,10)22(24)25-20-19-21-45-35-42(16-6)29-39(13-3)26-38(12-2)27-40(14-4,31-42)33-44(18-8,37-45)34-41(15-5,28-38)32-43(17-7,30-39)36-45;1-7-16(5,6)14(17)18-13-10-8-12(9-11-13)15(2,3)4;1-6-9-10-12(7-2)11-16-13(15)14(4,5)8-3;1-6-11(2)12-7-9-13(10-8-12)14(3,4)5;1-7-12(2,3)11(13)14-9-8-10-15(4,5)6;1-7-11(2,3)10(12)13-8-9-14(4,5)6;;;;/h11-21H2,1-10H3;12-13H,7-11H2,1-6H3;12H,6-11H2,1-5H3;7-11H,6H2,1-5H3;7-10H2,1-6H3;7-9H2,1-6H3;4*1H4. The van der Waals surface area contributed by atoms with E-state index in [9.17, 15) is 24.0 Å². The van der Waals surface area contributed by atoms with Gasteiger partial charge in [-0.15, -0.1) is 0 Å². The van der Waals surface area contributed by atoms with E-state index in [1.807, 2.05) is 152 Å². The van der Waals surface area contributed by atoms with E-state index in [1.165, 1.54) is 55.7 Å². The average molecular weight is 1960 g/mol. The molecule has 2 atom stereocenters. The van der Waals surface area contributed by atoms with Crippen molar-refractivity contribution in [1.29, 1.82) is 0 Å². The smallest absolute Gasteiger partial charge is 0.466 e. The van der Waals surface area contributed by atoms with E-state index in [4.69, 9.17) is 73.1 Å². The Kier molecular flexibility index (Phi) is 55.3. The molecule has 2 unspecified atom stereocenters. The van der Waals surface area contributed by atoms with Gasteiger partial charge >= 0.3 is 100 Å². The number of esters is 5. The Balaban J connectivity index is -0.00000157. The van der Waals surface area contributed by atoms with Gasteiger partial charge in [0, 0.05) is 64.5 Å². The van der Waals surface area contributed by atoms with Crippen molar-refractivity contribution in [3.05, 3.63) is 35.4 Å². The topological polar surface area (TPSA) is 242 Å². The minimum absolute atomic E-state index is 0. The number of unbranched alkanes of at least 4 members (excludes halogenated alkanes) is 1. The molecule has 0 radical (unpaired) electrons. The molecule has 7 aliphatic rings. The summed E-state index contributed by atoms with van der Waals surface area (Å²) in [5.41, 5.74) is 1.65. The van der Waals surface area contributed by atoms with Crippen molar-refractivity contribution in [3.8, 4) is 0 Å². The molecule has 8 rings (SSSR count). The molecule has 0 amide bonds. The van der Waals surface area contributed by atoms with Crippen LogP contribution in [0.5, 0.6) is 0 Å². The fourth-order valence-electron chi connectivity index (χ4n) is 13.2. The minimum Gasteiger partial charge on any atom is -0.466 e. The minimum atomic E-state index is -3.87. The quantitative estimate of drug-likeness (QED) is 0.0260. The maximum atomic E-state index is 12.8. The van der Waals surface area contributed by atoms with Gasteiger partial charge in [-0.2, -0.15) is 0 Å². The van der Waals surface area contributed by atoms with E-state index >= 15 is 0 Å². The maximum absolute atomic E-state index is 12.8. The highest BCUT2D eigenvalue weighted by Crippen LogP contribution is 2.54. The van der Waals surface area contributed by atoms with Crippen LogP contribution >= 0.6 is 0 Å². The molecule has 32 heteroatoms. The number of carbonyl (C=O) groups is 5. The molecule has 126 heavy (non-hydrogen) atoms. The Hall–Kier alpha value is -1.74. The zero-order valence-electron chi connectivity index (χ0n) is 84.8. The number of hydrogen-bond acceptors (Lipinski definition) is 22. The van der Waals surface area contributed by atoms with Crippen molar-refractivity contribution in [3.63, 3.8) is 0 Å². The molecule has 1 aromatic rings. The molecule has 6 aliphatic heterocycles. The lowest BCUT2D eigenvalue weighted by molar-refractivity contribution is -0.162. The highest BCUT2D eigenvalue weighted by Gasteiger charge is 2.82. The predicted molar refractivity (Wildman–Crippen MR) is 542 cm³/mol. The lowest BCUT2D eigenvalue weighted by Crippen LogP contribution is -2.88. The second-order valence-electron chi connectivity index (χ2n) is 42.3. The average Bonchev–Trinajstić information content (AvgIpc) is 0.687. The van der Waals surface area contributed by atoms with Gasteiger partial charge < -0.3 is 73.1 Å². The van der Waals surface area contributed by atoms with E-state index in [0.717, 1.165) is 63.3 Å². The Labute approximate surface area is 785 Å². The first-order valence-corrected chi connectivity index (χ1v) is 70.4. The van der Waals surface area contributed by atoms with Gasteiger partial charge in [-0.1, -0.05) is 271 Å². The molecular formula is C94H198O22Si10. The van der Waals surface area contributed by atoms with E-state index in [2.05, 4.69) is 133 Å². The lowest BCUT2D eigenvalue weighted by atomic mass is 9.72. The Morgan fingerprint density at radius 2 is 0.667 bits per heavy atom. The van der Waals surface area contributed by atoms with Crippen molar-refractivity contribution >= 4 is 116 Å². The van der Waals surface area contributed by atoms with Gasteiger partial charge in [-0.25, -0.2) is 0 Å². The normalized spacial score (nSPS) is 26.3. The molecule has 6 saturated heterocycles. The summed E-state index contributed by atoms with van der Waals surface area (Å²) in [4.78, 5) is 59.8. The van der Waals surface area contributed by atoms with Crippen LogP contribution in [-0.4, -0.2) is 149 Å². The van der Waals surface area contributed by atoms with Crippen molar-refractivity contribution in [1.82, 2.24) is 0 Å². The second-order valence-corrected chi connectivity index (χ2v) is 79.7. The molecule has 0 spiro atoms. The Bertz CT molecular complexity index is 3170.